The normalized spacial score (nSPS) is 13.2. The molecule has 0 aromatic carbocycles. The number of carbonyl (C=O) groups is 1. The van der Waals surface area contributed by atoms with Crippen molar-refractivity contribution in [2.75, 3.05) is 0 Å². The van der Waals surface area contributed by atoms with Gasteiger partial charge in [0.2, 0.25) is 0 Å². The van der Waals surface area contributed by atoms with E-state index < -0.39 is 0 Å². The summed E-state index contributed by atoms with van der Waals surface area (Å²) in [5.74, 6) is 0.608. The molecule has 1 unspecified atom stereocenters. The summed E-state index contributed by atoms with van der Waals surface area (Å²) in [6.45, 7) is 10.7. The second-order valence-corrected chi connectivity index (χ2v) is 5.55. The molecule has 4 heteroatoms. The SMILES string of the molecule is CCCC(CC)(CC)C(C)NC(=O)c1cc(CC)on1. The molecule has 0 spiro atoms. The van der Waals surface area contributed by atoms with E-state index in [4.69, 9.17) is 4.52 Å². The van der Waals surface area contributed by atoms with Gasteiger partial charge in [0.1, 0.15) is 5.76 Å². The maximum Gasteiger partial charge on any atom is 0.273 e. The minimum absolute atomic E-state index is 0.131. The third-order valence-electron chi connectivity index (χ3n) is 4.56. The number of hydrogen-bond donors (Lipinski definition) is 1. The minimum atomic E-state index is -0.136. The van der Waals surface area contributed by atoms with Crippen molar-refractivity contribution >= 4 is 5.91 Å². The monoisotopic (exact) mass is 280 g/mol. The van der Waals surface area contributed by atoms with E-state index in [0.717, 1.165) is 37.9 Å². The van der Waals surface area contributed by atoms with Gasteiger partial charge in [-0.05, 0) is 31.6 Å². The molecule has 1 aromatic heterocycles. The highest BCUT2D eigenvalue weighted by molar-refractivity contribution is 5.92. The van der Waals surface area contributed by atoms with Crippen LogP contribution >= 0.6 is 0 Å². The number of aryl methyl sites for hydroxylation is 1. The Kier molecular flexibility index (Phi) is 6.24. The Morgan fingerprint density at radius 2 is 2.00 bits per heavy atom. The van der Waals surface area contributed by atoms with E-state index >= 15 is 0 Å². The average molecular weight is 280 g/mol. The number of aromatic nitrogens is 1. The largest absolute Gasteiger partial charge is 0.361 e. The van der Waals surface area contributed by atoms with Gasteiger partial charge in [-0.15, -0.1) is 0 Å². The van der Waals surface area contributed by atoms with E-state index in [9.17, 15) is 4.79 Å². The molecule has 1 aromatic rings. The zero-order chi connectivity index (χ0) is 15.2. The van der Waals surface area contributed by atoms with Crippen molar-refractivity contribution in [3.8, 4) is 0 Å². The number of carbonyl (C=O) groups excluding carboxylic acids is 1. The van der Waals surface area contributed by atoms with Crippen LogP contribution in [0, 0.1) is 5.41 Å². The fraction of sp³-hybridized carbons (Fsp3) is 0.750. The predicted molar refractivity (Wildman–Crippen MR) is 80.7 cm³/mol. The fourth-order valence-electron chi connectivity index (χ4n) is 2.94. The van der Waals surface area contributed by atoms with Crippen LogP contribution < -0.4 is 5.32 Å². The van der Waals surface area contributed by atoms with Gasteiger partial charge in [-0.1, -0.05) is 39.3 Å². The van der Waals surface area contributed by atoms with E-state index in [2.05, 4.69) is 38.2 Å². The molecule has 1 atom stereocenters. The molecule has 0 aliphatic carbocycles. The fourth-order valence-corrected chi connectivity index (χ4v) is 2.94. The first kappa shape index (κ1) is 16.7. The lowest BCUT2D eigenvalue weighted by molar-refractivity contribution is 0.0853. The third-order valence-corrected chi connectivity index (χ3v) is 4.56. The van der Waals surface area contributed by atoms with Crippen molar-refractivity contribution in [2.45, 2.75) is 72.8 Å². The molecule has 0 radical (unpaired) electrons. The summed E-state index contributed by atoms with van der Waals surface area (Å²) in [5.41, 5.74) is 0.549. The molecule has 0 saturated heterocycles. The molecule has 1 amide bonds. The second-order valence-electron chi connectivity index (χ2n) is 5.55. The van der Waals surface area contributed by atoms with Crippen LogP contribution in [0.5, 0.6) is 0 Å². The Morgan fingerprint density at radius 3 is 2.45 bits per heavy atom. The zero-order valence-electron chi connectivity index (χ0n) is 13.5. The molecule has 0 bridgehead atoms. The highest BCUT2D eigenvalue weighted by Gasteiger charge is 2.33. The number of nitrogens with one attached hydrogen (secondary N) is 1. The summed E-state index contributed by atoms with van der Waals surface area (Å²) in [4.78, 5) is 12.2. The van der Waals surface area contributed by atoms with Crippen LogP contribution in [0.3, 0.4) is 0 Å². The van der Waals surface area contributed by atoms with Crippen LogP contribution in [0.1, 0.15) is 76.6 Å². The quantitative estimate of drug-likeness (QED) is 0.784. The van der Waals surface area contributed by atoms with Crippen LogP contribution in [0.15, 0.2) is 10.6 Å². The smallest absolute Gasteiger partial charge is 0.273 e. The molecular formula is C16H28N2O2. The van der Waals surface area contributed by atoms with Gasteiger partial charge < -0.3 is 9.84 Å². The molecular weight excluding hydrogens is 252 g/mol. The van der Waals surface area contributed by atoms with Crippen molar-refractivity contribution in [1.82, 2.24) is 10.5 Å². The van der Waals surface area contributed by atoms with Crippen molar-refractivity contribution in [2.24, 2.45) is 5.41 Å². The number of hydrogen-bond acceptors (Lipinski definition) is 3. The predicted octanol–water partition coefficient (Wildman–Crippen LogP) is 3.96. The molecule has 0 aliphatic rings. The third kappa shape index (κ3) is 3.62. The summed E-state index contributed by atoms with van der Waals surface area (Å²) in [6.07, 6.45) is 5.14. The molecule has 0 saturated carbocycles. The molecule has 1 rings (SSSR count). The van der Waals surface area contributed by atoms with Gasteiger partial charge in [-0.25, -0.2) is 0 Å². The maximum atomic E-state index is 12.2. The molecule has 0 fully saturated rings. The van der Waals surface area contributed by atoms with E-state index in [-0.39, 0.29) is 17.4 Å². The summed E-state index contributed by atoms with van der Waals surface area (Å²) < 4.78 is 5.09. The summed E-state index contributed by atoms with van der Waals surface area (Å²) >= 11 is 0. The lowest BCUT2D eigenvalue weighted by Crippen LogP contribution is -2.45. The van der Waals surface area contributed by atoms with Crippen LogP contribution in [0.25, 0.3) is 0 Å². The van der Waals surface area contributed by atoms with Crippen molar-refractivity contribution in [3.05, 3.63) is 17.5 Å². The molecule has 0 aliphatic heterocycles. The molecule has 1 N–H and O–H groups in total. The zero-order valence-corrected chi connectivity index (χ0v) is 13.5. The molecule has 20 heavy (non-hydrogen) atoms. The Bertz CT molecular complexity index is 422. The topological polar surface area (TPSA) is 55.1 Å². The summed E-state index contributed by atoms with van der Waals surface area (Å²) in [5, 5.41) is 6.93. The van der Waals surface area contributed by atoms with E-state index in [0.29, 0.717) is 5.69 Å². The molecule has 114 valence electrons. The van der Waals surface area contributed by atoms with Gasteiger partial charge in [-0.2, -0.15) is 0 Å². The number of nitrogens with zero attached hydrogens (tertiary/aromatic N) is 1. The first-order valence-corrected chi connectivity index (χ1v) is 7.79. The van der Waals surface area contributed by atoms with Gasteiger partial charge in [0, 0.05) is 18.5 Å². The van der Waals surface area contributed by atoms with E-state index in [1.54, 1.807) is 6.07 Å². The Labute approximate surface area is 122 Å². The Balaban J connectivity index is 2.76. The van der Waals surface area contributed by atoms with Crippen molar-refractivity contribution in [1.29, 1.82) is 0 Å². The van der Waals surface area contributed by atoms with Crippen LogP contribution in [-0.4, -0.2) is 17.1 Å². The highest BCUT2D eigenvalue weighted by atomic mass is 16.5. The number of amides is 1. The molecule has 1 heterocycles. The van der Waals surface area contributed by atoms with Gasteiger partial charge >= 0.3 is 0 Å². The Hall–Kier alpha value is -1.32. The van der Waals surface area contributed by atoms with Crippen molar-refractivity contribution < 1.29 is 9.32 Å². The first-order valence-electron chi connectivity index (χ1n) is 7.79. The van der Waals surface area contributed by atoms with Gasteiger partial charge in [0.25, 0.3) is 5.91 Å². The average Bonchev–Trinajstić information content (AvgIpc) is 2.93. The summed E-state index contributed by atoms with van der Waals surface area (Å²) in [6, 6.07) is 1.85. The Morgan fingerprint density at radius 1 is 1.35 bits per heavy atom. The minimum Gasteiger partial charge on any atom is -0.361 e. The highest BCUT2D eigenvalue weighted by Crippen LogP contribution is 2.35. The first-order chi connectivity index (χ1) is 9.52. The van der Waals surface area contributed by atoms with Gasteiger partial charge in [0.05, 0.1) is 0 Å². The lowest BCUT2D eigenvalue weighted by atomic mass is 9.73. The maximum absolute atomic E-state index is 12.2. The van der Waals surface area contributed by atoms with E-state index in [1.165, 1.54) is 0 Å². The van der Waals surface area contributed by atoms with Crippen molar-refractivity contribution in [3.63, 3.8) is 0 Å². The number of rotatable bonds is 8. The van der Waals surface area contributed by atoms with Crippen LogP contribution in [-0.2, 0) is 6.42 Å². The van der Waals surface area contributed by atoms with E-state index in [1.807, 2.05) is 6.92 Å². The molecule has 4 nitrogen and oxygen atoms in total. The summed E-state index contributed by atoms with van der Waals surface area (Å²) in [7, 11) is 0. The van der Waals surface area contributed by atoms with Crippen LogP contribution in [0.4, 0.5) is 0 Å². The lowest BCUT2D eigenvalue weighted by Gasteiger charge is -2.38. The van der Waals surface area contributed by atoms with Gasteiger partial charge in [0.15, 0.2) is 5.69 Å². The second kappa shape index (κ2) is 7.46. The van der Waals surface area contributed by atoms with Gasteiger partial charge in [-0.3, -0.25) is 4.79 Å². The standard InChI is InChI=1S/C16H28N2O2/c1-6-10-16(8-3,9-4)12(5)17-15(19)14-11-13(7-2)20-18-14/h11-12H,6-10H2,1-5H3,(H,17,19). The van der Waals surface area contributed by atoms with Crippen LogP contribution in [0.2, 0.25) is 0 Å².